The average Bonchev–Trinajstić information content (AvgIpc) is 3.29. The van der Waals surface area contributed by atoms with Gasteiger partial charge in [-0.2, -0.15) is 0 Å². The molecule has 5 atom stereocenters. The summed E-state index contributed by atoms with van der Waals surface area (Å²) >= 11 is 0. The van der Waals surface area contributed by atoms with Gasteiger partial charge in [-0.25, -0.2) is 13.6 Å². The van der Waals surface area contributed by atoms with Crippen molar-refractivity contribution < 1.29 is 33.3 Å². The zero-order valence-corrected chi connectivity index (χ0v) is 20.8. The number of benzene rings is 2. The van der Waals surface area contributed by atoms with Gasteiger partial charge in [0.05, 0.1) is 30.1 Å². The minimum atomic E-state index is -1.23. The predicted molar refractivity (Wildman–Crippen MR) is 134 cm³/mol. The number of nitrogens with zero attached hydrogens (tertiary/aromatic N) is 2. The predicted octanol–water partition coefficient (Wildman–Crippen LogP) is 4.81. The van der Waals surface area contributed by atoms with Crippen LogP contribution >= 0.6 is 0 Å². The summed E-state index contributed by atoms with van der Waals surface area (Å²) in [6.45, 7) is 1.95. The van der Waals surface area contributed by atoms with Crippen LogP contribution in [0, 0.1) is 17.6 Å². The van der Waals surface area contributed by atoms with Gasteiger partial charge in [-0.3, -0.25) is 9.69 Å². The summed E-state index contributed by atoms with van der Waals surface area (Å²) < 4.78 is 32.7. The van der Waals surface area contributed by atoms with Crippen molar-refractivity contribution in [1.29, 1.82) is 0 Å². The van der Waals surface area contributed by atoms with Crippen molar-refractivity contribution in [2.45, 2.75) is 69.8 Å². The summed E-state index contributed by atoms with van der Waals surface area (Å²) in [5.41, 5.74) is 3.37. The Hall–Kier alpha value is -3.40. The van der Waals surface area contributed by atoms with Crippen LogP contribution in [0.1, 0.15) is 56.3 Å². The van der Waals surface area contributed by atoms with E-state index in [1.54, 1.807) is 4.90 Å². The Kier molecular flexibility index (Phi) is 6.70. The van der Waals surface area contributed by atoms with Crippen molar-refractivity contribution in [2.75, 3.05) is 22.2 Å². The molecule has 198 valence electrons. The van der Waals surface area contributed by atoms with Crippen LogP contribution in [-0.2, 0) is 16.0 Å². The lowest BCUT2D eigenvalue weighted by atomic mass is 9.84. The van der Waals surface area contributed by atoms with E-state index in [4.69, 9.17) is 4.74 Å². The molecule has 3 aliphatic rings. The van der Waals surface area contributed by atoms with Crippen molar-refractivity contribution in [3.05, 3.63) is 53.1 Å². The molecule has 5 rings (SSSR count). The minimum absolute atomic E-state index is 0.0613. The molecule has 0 spiro atoms. The first-order chi connectivity index (χ1) is 17.7. The molecule has 2 heterocycles. The van der Waals surface area contributed by atoms with Crippen LogP contribution in [0.15, 0.2) is 30.3 Å². The average molecular weight is 516 g/mol. The number of ether oxygens (including phenoxy) is 1. The minimum Gasteiger partial charge on any atom is -0.481 e. The summed E-state index contributed by atoms with van der Waals surface area (Å²) in [6, 6.07) is 6.80. The Morgan fingerprint density at radius 3 is 2.57 bits per heavy atom. The zero-order chi connectivity index (χ0) is 26.4. The van der Waals surface area contributed by atoms with Crippen LogP contribution in [0.2, 0.25) is 0 Å². The van der Waals surface area contributed by atoms with Gasteiger partial charge in [0.2, 0.25) is 0 Å². The Bertz CT molecular complexity index is 1220. The lowest BCUT2D eigenvalue weighted by molar-refractivity contribution is -0.143. The van der Waals surface area contributed by atoms with E-state index in [0.717, 1.165) is 41.9 Å². The van der Waals surface area contributed by atoms with Gasteiger partial charge >= 0.3 is 12.1 Å². The number of rotatable bonds is 4. The number of aliphatic hydroxyl groups excluding tert-OH is 1. The highest BCUT2D eigenvalue weighted by Gasteiger charge is 2.44. The molecule has 0 aromatic heterocycles. The van der Waals surface area contributed by atoms with E-state index in [-0.39, 0.29) is 17.6 Å². The maximum atomic E-state index is 14.1. The fourth-order valence-corrected chi connectivity index (χ4v) is 6.12. The molecule has 5 unspecified atom stereocenters. The third kappa shape index (κ3) is 4.37. The van der Waals surface area contributed by atoms with Crippen molar-refractivity contribution in [3.8, 4) is 0 Å². The van der Waals surface area contributed by atoms with Gasteiger partial charge in [0.1, 0.15) is 12.3 Å². The molecular weight excluding hydrogens is 484 g/mol. The smallest absolute Gasteiger partial charge is 0.414 e. The lowest BCUT2D eigenvalue weighted by Gasteiger charge is -2.40. The van der Waals surface area contributed by atoms with Crippen molar-refractivity contribution in [2.24, 2.45) is 5.92 Å². The molecule has 2 aromatic carbocycles. The number of anilines is 3. The van der Waals surface area contributed by atoms with E-state index < -0.39 is 41.9 Å². The van der Waals surface area contributed by atoms with E-state index >= 15 is 0 Å². The lowest BCUT2D eigenvalue weighted by Crippen LogP contribution is -2.49. The van der Waals surface area contributed by atoms with E-state index in [2.05, 4.69) is 5.32 Å². The van der Waals surface area contributed by atoms with Crippen molar-refractivity contribution >= 4 is 29.1 Å². The van der Waals surface area contributed by atoms with E-state index in [1.807, 2.05) is 24.0 Å². The van der Waals surface area contributed by atoms with Crippen LogP contribution in [0.3, 0.4) is 0 Å². The number of carbonyl (C=O) groups excluding carboxylic acids is 1. The molecule has 3 N–H and O–H groups in total. The highest BCUT2D eigenvalue weighted by atomic mass is 19.2. The van der Waals surface area contributed by atoms with Gasteiger partial charge in [0.15, 0.2) is 11.6 Å². The first-order valence-electron chi connectivity index (χ1n) is 12.6. The number of carbonyl (C=O) groups is 2. The number of amides is 1. The number of hydrogen-bond acceptors (Lipinski definition) is 6. The van der Waals surface area contributed by atoms with Crippen LogP contribution < -0.4 is 15.1 Å². The third-order valence-corrected chi connectivity index (χ3v) is 7.99. The van der Waals surface area contributed by atoms with Gasteiger partial charge in [-0.15, -0.1) is 0 Å². The van der Waals surface area contributed by atoms with Crippen LogP contribution in [0.4, 0.5) is 30.6 Å². The number of hydrogen-bond donors (Lipinski definition) is 3. The standard InChI is InChI=1S/C27H31F2N3O5/c1-14-6-8-18-21(31(14)27(36)37-2)10-11-22-23(18)30-25(24(33)15-7-9-19(28)20(29)13-15)32(22)17-5-3-4-16(12-17)26(34)35/h7,9-11,13-14,16-17,24-25,30,33H,3-6,8,12H2,1-2H3,(H,34,35). The first-order valence-corrected chi connectivity index (χ1v) is 12.6. The largest absolute Gasteiger partial charge is 0.481 e. The topological polar surface area (TPSA) is 102 Å². The highest BCUT2D eigenvalue weighted by Crippen LogP contribution is 2.49. The van der Waals surface area contributed by atoms with Gasteiger partial charge in [-0.1, -0.05) is 12.5 Å². The number of nitrogens with one attached hydrogen (secondary N) is 1. The van der Waals surface area contributed by atoms with Gasteiger partial charge in [-0.05, 0) is 68.9 Å². The maximum absolute atomic E-state index is 14.1. The van der Waals surface area contributed by atoms with Gasteiger partial charge in [0, 0.05) is 17.6 Å². The molecule has 37 heavy (non-hydrogen) atoms. The molecular formula is C27H31F2N3O5. The molecule has 10 heteroatoms. The SMILES string of the molecule is COC(=O)N1c2ccc3c(c2CCC1C)NC(C(O)c1ccc(F)c(F)c1)N3C1CCCC(C(=O)O)C1. The molecule has 1 saturated carbocycles. The summed E-state index contributed by atoms with van der Waals surface area (Å²) in [5.74, 6) is -3.40. The fraction of sp³-hybridized carbons (Fsp3) is 0.481. The normalized spacial score (nSPS) is 25.6. The van der Waals surface area contributed by atoms with Crippen molar-refractivity contribution in [3.63, 3.8) is 0 Å². The molecule has 2 aliphatic heterocycles. The molecule has 1 fully saturated rings. The van der Waals surface area contributed by atoms with E-state index in [9.17, 15) is 28.6 Å². The number of halogens is 2. The fourth-order valence-electron chi connectivity index (χ4n) is 6.12. The second-order valence-corrected chi connectivity index (χ2v) is 10.2. The second kappa shape index (κ2) is 9.81. The Morgan fingerprint density at radius 1 is 1.11 bits per heavy atom. The number of methoxy groups -OCH3 is 1. The summed E-state index contributed by atoms with van der Waals surface area (Å²) in [4.78, 5) is 28.0. The number of fused-ring (bicyclic) bond motifs is 3. The summed E-state index contributed by atoms with van der Waals surface area (Å²) in [5, 5.41) is 24.5. The molecule has 1 aliphatic carbocycles. The third-order valence-electron chi connectivity index (χ3n) is 7.99. The monoisotopic (exact) mass is 515 g/mol. The van der Waals surface area contributed by atoms with Crippen LogP contribution in [0.25, 0.3) is 0 Å². The molecule has 0 radical (unpaired) electrons. The van der Waals surface area contributed by atoms with Gasteiger partial charge in [0.25, 0.3) is 0 Å². The molecule has 2 aromatic rings. The Labute approximate surface area is 213 Å². The summed E-state index contributed by atoms with van der Waals surface area (Å²) in [6.07, 6.45) is 1.40. The molecule has 0 bridgehead atoms. The number of carboxylic acid groups (broad SMARTS) is 1. The van der Waals surface area contributed by atoms with Gasteiger partial charge < -0.3 is 25.2 Å². The van der Waals surface area contributed by atoms with E-state index in [1.165, 1.54) is 13.2 Å². The van der Waals surface area contributed by atoms with E-state index in [0.29, 0.717) is 31.4 Å². The molecule has 8 nitrogen and oxygen atoms in total. The highest BCUT2D eigenvalue weighted by molar-refractivity contribution is 5.94. The summed E-state index contributed by atoms with van der Waals surface area (Å²) in [7, 11) is 1.34. The maximum Gasteiger partial charge on any atom is 0.414 e. The second-order valence-electron chi connectivity index (χ2n) is 10.2. The zero-order valence-electron chi connectivity index (χ0n) is 20.8. The van der Waals surface area contributed by atoms with Crippen LogP contribution in [0.5, 0.6) is 0 Å². The quantitative estimate of drug-likeness (QED) is 0.537. The Balaban J connectivity index is 1.58. The number of carboxylic acids is 1. The molecule has 1 amide bonds. The Morgan fingerprint density at radius 2 is 1.86 bits per heavy atom. The number of aliphatic carboxylic acids is 1. The first kappa shape index (κ1) is 25.3. The number of aliphatic hydroxyl groups is 1. The van der Waals surface area contributed by atoms with Crippen LogP contribution in [-0.4, -0.2) is 47.6 Å². The van der Waals surface area contributed by atoms with Crippen molar-refractivity contribution in [1.82, 2.24) is 0 Å². The molecule has 0 saturated heterocycles.